The van der Waals surface area contributed by atoms with Crippen LogP contribution >= 0.6 is 12.2 Å². The molecule has 0 spiro atoms. The number of carbonyl (C=O) groups excluding carboxylic acids is 1. The monoisotopic (exact) mass is 314 g/mol. The van der Waals surface area contributed by atoms with E-state index >= 15 is 0 Å². The predicted molar refractivity (Wildman–Crippen MR) is 86.2 cm³/mol. The van der Waals surface area contributed by atoms with Crippen molar-refractivity contribution in [3.63, 3.8) is 0 Å². The molecule has 0 radical (unpaired) electrons. The number of hydrogen-bond donors (Lipinski definition) is 2. The number of amides is 1. The lowest BCUT2D eigenvalue weighted by atomic mass is 9.79. The van der Waals surface area contributed by atoms with Gasteiger partial charge in [0.05, 0.1) is 4.99 Å². The Bertz CT molecular complexity index is 398. The molecule has 0 aromatic rings. The van der Waals surface area contributed by atoms with Crippen LogP contribution < -0.4 is 11.1 Å². The first-order valence-electron chi connectivity index (χ1n) is 7.50. The lowest BCUT2D eigenvalue weighted by Crippen LogP contribution is -2.57. The van der Waals surface area contributed by atoms with Crippen LogP contribution in [0.25, 0.3) is 0 Å². The number of thiocarbonyl (C=S) groups is 1. The smallest absolute Gasteiger partial charge is 0.233 e. The van der Waals surface area contributed by atoms with E-state index in [0.717, 1.165) is 19.6 Å². The molecular weight excluding hydrogens is 288 g/mol. The van der Waals surface area contributed by atoms with Crippen LogP contribution in [0.1, 0.15) is 12.8 Å². The van der Waals surface area contributed by atoms with E-state index in [1.54, 1.807) is 0 Å². The fraction of sp³-hybridized carbons (Fsp3) is 0.857. The first-order valence-corrected chi connectivity index (χ1v) is 7.91. The zero-order valence-electron chi connectivity index (χ0n) is 12.9. The summed E-state index contributed by atoms with van der Waals surface area (Å²) >= 11 is 5.16. The summed E-state index contributed by atoms with van der Waals surface area (Å²) in [7, 11) is 4.21. The van der Waals surface area contributed by atoms with Gasteiger partial charge < -0.3 is 20.7 Å². The topological polar surface area (TPSA) is 70.8 Å². The van der Waals surface area contributed by atoms with E-state index in [-0.39, 0.29) is 10.9 Å². The number of ether oxygens (including phenoxy) is 1. The molecule has 1 amide bonds. The van der Waals surface area contributed by atoms with E-state index < -0.39 is 5.41 Å². The van der Waals surface area contributed by atoms with Crippen LogP contribution in [0.2, 0.25) is 0 Å². The lowest BCUT2D eigenvalue weighted by molar-refractivity contribution is -0.131. The first-order chi connectivity index (χ1) is 9.95. The number of likely N-dealkylation sites (N-methyl/N-ethyl adjacent to an activating group) is 2. The molecule has 2 heterocycles. The minimum Gasteiger partial charge on any atom is -0.392 e. The van der Waals surface area contributed by atoms with Gasteiger partial charge in [0.2, 0.25) is 5.91 Å². The highest BCUT2D eigenvalue weighted by Gasteiger charge is 2.43. The Balaban J connectivity index is 1.94. The van der Waals surface area contributed by atoms with Gasteiger partial charge in [-0.15, -0.1) is 0 Å². The summed E-state index contributed by atoms with van der Waals surface area (Å²) in [6, 6.07) is 0.330. The van der Waals surface area contributed by atoms with Crippen molar-refractivity contribution in [3.8, 4) is 0 Å². The lowest BCUT2D eigenvalue weighted by Gasteiger charge is -2.39. The summed E-state index contributed by atoms with van der Waals surface area (Å²) in [5, 5.41) is 3.06. The Morgan fingerprint density at radius 3 is 2.67 bits per heavy atom. The van der Waals surface area contributed by atoms with Crippen molar-refractivity contribution in [1.29, 1.82) is 0 Å². The van der Waals surface area contributed by atoms with Gasteiger partial charge in [-0.05, 0) is 26.9 Å². The van der Waals surface area contributed by atoms with Crippen LogP contribution in [0.3, 0.4) is 0 Å². The van der Waals surface area contributed by atoms with E-state index in [0.29, 0.717) is 38.6 Å². The van der Waals surface area contributed by atoms with Crippen molar-refractivity contribution >= 4 is 23.1 Å². The molecular formula is C14H26N4O2S. The van der Waals surface area contributed by atoms with E-state index in [9.17, 15) is 4.79 Å². The highest BCUT2D eigenvalue weighted by Crippen LogP contribution is 2.31. The normalized spacial score (nSPS) is 27.2. The van der Waals surface area contributed by atoms with Crippen molar-refractivity contribution in [2.45, 2.75) is 18.9 Å². The van der Waals surface area contributed by atoms with Gasteiger partial charge in [-0.25, -0.2) is 0 Å². The number of nitrogens with one attached hydrogen (secondary N) is 1. The fourth-order valence-electron chi connectivity index (χ4n) is 3.01. The van der Waals surface area contributed by atoms with E-state index in [1.807, 2.05) is 0 Å². The molecule has 0 saturated carbocycles. The molecule has 7 heteroatoms. The van der Waals surface area contributed by atoms with Gasteiger partial charge in [-0.2, -0.15) is 0 Å². The third-order valence-electron chi connectivity index (χ3n) is 4.73. The molecule has 120 valence electrons. The third kappa shape index (κ3) is 3.71. The van der Waals surface area contributed by atoms with Gasteiger partial charge in [0, 0.05) is 45.4 Å². The number of rotatable bonds is 4. The summed E-state index contributed by atoms with van der Waals surface area (Å²) in [5.41, 5.74) is 5.13. The van der Waals surface area contributed by atoms with Gasteiger partial charge in [0.25, 0.3) is 0 Å². The Morgan fingerprint density at radius 2 is 2.05 bits per heavy atom. The molecule has 1 atom stereocenters. The highest BCUT2D eigenvalue weighted by atomic mass is 32.1. The third-order valence-corrected chi connectivity index (χ3v) is 5.12. The molecule has 21 heavy (non-hydrogen) atoms. The second-order valence-corrected chi connectivity index (χ2v) is 6.61. The maximum Gasteiger partial charge on any atom is 0.233 e. The van der Waals surface area contributed by atoms with Crippen molar-refractivity contribution in [3.05, 3.63) is 0 Å². The van der Waals surface area contributed by atoms with Gasteiger partial charge in [-0.3, -0.25) is 9.69 Å². The SMILES string of the molecule is CN1CCN(C)C(CNC(=O)C2(C(N)=S)CCOCC2)C1. The molecule has 2 rings (SSSR count). The molecule has 0 aliphatic carbocycles. The van der Waals surface area contributed by atoms with Crippen molar-refractivity contribution in [2.75, 3.05) is 53.5 Å². The summed E-state index contributed by atoms with van der Waals surface area (Å²) in [6.07, 6.45) is 1.16. The predicted octanol–water partition coefficient (Wildman–Crippen LogP) is -0.569. The Morgan fingerprint density at radius 1 is 1.38 bits per heavy atom. The molecule has 2 saturated heterocycles. The van der Waals surface area contributed by atoms with Crippen LogP contribution in [-0.2, 0) is 9.53 Å². The first kappa shape index (κ1) is 16.6. The quantitative estimate of drug-likeness (QED) is 0.677. The van der Waals surface area contributed by atoms with E-state index in [1.165, 1.54) is 0 Å². The van der Waals surface area contributed by atoms with Gasteiger partial charge in [0.15, 0.2) is 0 Å². The standard InChI is InChI=1S/C14H26N4O2S/c1-17-5-6-18(2)11(10-17)9-16-13(19)14(12(15)21)3-7-20-8-4-14/h11H,3-10H2,1-2H3,(H2,15,21)(H,16,19). The number of nitrogens with zero attached hydrogens (tertiary/aromatic N) is 2. The highest BCUT2D eigenvalue weighted by molar-refractivity contribution is 7.80. The van der Waals surface area contributed by atoms with Crippen LogP contribution in [0.15, 0.2) is 0 Å². The largest absolute Gasteiger partial charge is 0.392 e. The molecule has 3 N–H and O–H groups in total. The Hall–Kier alpha value is -0.760. The second-order valence-electron chi connectivity index (χ2n) is 6.17. The fourth-order valence-corrected chi connectivity index (χ4v) is 3.30. The van der Waals surface area contributed by atoms with Gasteiger partial charge in [-0.1, -0.05) is 12.2 Å². The number of carbonyl (C=O) groups is 1. The molecule has 2 aliphatic heterocycles. The zero-order valence-corrected chi connectivity index (χ0v) is 13.7. The average molecular weight is 314 g/mol. The van der Waals surface area contributed by atoms with Crippen molar-refractivity contribution in [1.82, 2.24) is 15.1 Å². The van der Waals surface area contributed by atoms with Gasteiger partial charge in [0.1, 0.15) is 5.41 Å². The Kier molecular flexibility index (Phi) is 5.54. The summed E-state index contributed by atoms with van der Waals surface area (Å²) in [5.74, 6) is -0.0417. The molecule has 0 aromatic heterocycles. The maximum atomic E-state index is 12.6. The summed E-state index contributed by atoms with van der Waals surface area (Å²) < 4.78 is 5.34. The molecule has 0 bridgehead atoms. The second kappa shape index (κ2) is 7.00. The van der Waals surface area contributed by atoms with Crippen LogP contribution in [-0.4, -0.2) is 80.2 Å². The maximum absolute atomic E-state index is 12.6. The van der Waals surface area contributed by atoms with Crippen LogP contribution in [0.5, 0.6) is 0 Å². The molecule has 0 aromatic carbocycles. The molecule has 1 unspecified atom stereocenters. The van der Waals surface area contributed by atoms with Crippen molar-refractivity contribution in [2.24, 2.45) is 11.1 Å². The van der Waals surface area contributed by atoms with E-state index in [2.05, 4.69) is 29.2 Å². The molecule has 2 fully saturated rings. The minimum absolute atomic E-state index is 0.0417. The van der Waals surface area contributed by atoms with Crippen LogP contribution in [0, 0.1) is 5.41 Å². The summed E-state index contributed by atoms with van der Waals surface area (Å²) in [4.78, 5) is 17.5. The van der Waals surface area contributed by atoms with Gasteiger partial charge >= 0.3 is 0 Å². The number of piperazine rings is 1. The summed E-state index contributed by atoms with van der Waals surface area (Å²) in [6.45, 7) is 4.75. The minimum atomic E-state index is -0.729. The average Bonchev–Trinajstić information content (AvgIpc) is 2.48. The van der Waals surface area contributed by atoms with Crippen LogP contribution in [0.4, 0.5) is 0 Å². The molecule has 2 aliphatic rings. The molecule has 6 nitrogen and oxygen atoms in total. The van der Waals surface area contributed by atoms with E-state index in [4.69, 9.17) is 22.7 Å². The zero-order chi connectivity index (χ0) is 15.5. The number of nitrogens with two attached hydrogens (primary N) is 1. The van der Waals surface area contributed by atoms with Crippen molar-refractivity contribution < 1.29 is 9.53 Å². The number of hydrogen-bond acceptors (Lipinski definition) is 5. The Labute approximate surface area is 132 Å².